The van der Waals surface area contributed by atoms with Gasteiger partial charge in [0.15, 0.2) is 5.78 Å². The molecule has 2 atom stereocenters. The predicted octanol–water partition coefficient (Wildman–Crippen LogP) is 3.08. The van der Waals surface area contributed by atoms with E-state index in [0.29, 0.717) is 17.5 Å². The van der Waals surface area contributed by atoms with Crippen LogP contribution in [0.1, 0.15) is 28.5 Å². The molecule has 0 radical (unpaired) electrons. The van der Waals surface area contributed by atoms with Gasteiger partial charge in [-0.3, -0.25) is 9.69 Å². The topological polar surface area (TPSA) is 58.4 Å². The van der Waals surface area contributed by atoms with Crippen molar-refractivity contribution in [2.45, 2.75) is 20.4 Å². The number of likely N-dealkylation sites (tertiary alicyclic amines) is 2. The first-order chi connectivity index (χ1) is 12.9. The molecule has 1 amide bonds. The number of benzene rings is 1. The number of ketones is 1. The normalized spacial score (nSPS) is 22.3. The second-order valence-electron chi connectivity index (χ2n) is 7.74. The second-order valence-corrected chi connectivity index (χ2v) is 8.18. The number of nitrogens with zero attached hydrogens (tertiary/aromatic N) is 4. The summed E-state index contributed by atoms with van der Waals surface area (Å²) in [4.78, 5) is 28.3. The molecule has 0 spiro atoms. The number of aromatic nitrogens is 2. The highest BCUT2D eigenvalue weighted by Crippen LogP contribution is 2.32. The summed E-state index contributed by atoms with van der Waals surface area (Å²) < 4.78 is 1.28. The maximum atomic E-state index is 12.6. The molecule has 6 nitrogen and oxygen atoms in total. The summed E-state index contributed by atoms with van der Waals surface area (Å²) in [5.41, 5.74) is 2.74. The van der Waals surface area contributed by atoms with E-state index in [-0.39, 0.29) is 11.8 Å². The van der Waals surface area contributed by atoms with E-state index < -0.39 is 0 Å². The maximum Gasteiger partial charge on any atom is 0.344 e. The fraction of sp³-hybridized carbons (Fsp3) is 0.450. The third kappa shape index (κ3) is 3.77. The molecule has 2 aliphatic heterocycles. The summed E-state index contributed by atoms with van der Waals surface area (Å²) in [6, 6.07) is 7.63. The van der Waals surface area contributed by atoms with Crippen LogP contribution in [0.25, 0.3) is 0 Å². The van der Waals surface area contributed by atoms with E-state index in [0.717, 1.165) is 37.7 Å². The van der Waals surface area contributed by atoms with E-state index in [1.165, 1.54) is 22.7 Å². The van der Waals surface area contributed by atoms with E-state index in [4.69, 9.17) is 11.6 Å². The number of aryl methyl sites for hydroxylation is 1. The summed E-state index contributed by atoms with van der Waals surface area (Å²) in [5, 5.41) is 4.87. The predicted molar refractivity (Wildman–Crippen MR) is 103 cm³/mol. The minimum Gasteiger partial charge on any atom is -0.322 e. The molecule has 27 heavy (non-hydrogen) atoms. The second kappa shape index (κ2) is 7.09. The lowest BCUT2D eigenvalue weighted by Gasteiger charge is -2.21. The van der Waals surface area contributed by atoms with Gasteiger partial charge >= 0.3 is 6.03 Å². The Hall–Kier alpha value is -2.18. The van der Waals surface area contributed by atoms with Crippen LogP contribution in [0, 0.1) is 18.8 Å². The molecule has 1 aromatic carbocycles. The first-order valence-electron chi connectivity index (χ1n) is 9.23. The van der Waals surface area contributed by atoms with Crippen molar-refractivity contribution in [3.63, 3.8) is 0 Å². The highest BCUT2D eigenvalue weighted by atomic mass is 35.5. The standard InChI is InChI=1S/C20H23ClN4O2/c1-13-5-15(7-18(21)6-13)8-23-9-16-11-24(12-17(16)10-23)20(27)25-4-3-19(22-25)14(2)26/h3-7,16-17H,8-12H2,1-2H3. The molecule has 2 aromatic rings. The molecular weight excluding hydrogens is 364 g/mol. The van der Waals surface area contributed by atoms with Gasteiger partial charge in [-0.15, -0.1) is 0 Å². The van der Waals surface area contributed by atoms with Crippen LogP contribution in [0.5, 0.6) is 0 Å². The Bertz CT molecular complexity index is 860. The Labute approximate surface area is 163 Å². The van der Waals surface area contributed by atoms with Crippen molar-refractivity contribution in [3.05, 3.63) is 52.3 Å². The van der Waals surface area contributed by atoms with Crippen LogP contribution in [0.15, 0.2) is 30.5 Å². The van der Waals surface area contributed by atoms with E-state index in [9.17, 15) is 9.59 Å². The van der Waals surface area contributed by atoms with Gasteiger partial charge in [0.1, 0.15) is 5.69 Å². The average molecular weight is 387 g/mol. The van der Waals surface area contributed by atoms with E-state index in [1.807, 2.05) is 17.0 Å². The zero-order valence-corrected chi connectivity index (χ0v) is 16.3. The highest BCUT2D eigenvalue weighted by molar-refractivity contribution is 6.30. The van der Waals surface area contributed by atoms with Crippen molar-refractivity contribution in [3.8, 4) is 0 Å². The molecule has 2 fully saturated rings. The monoisotopic (exact) mass is 386 g/mol. The molecular formula is C20H23ClN4O2. The lowest BCUT2D eigenvalue weighted by molar-refractivity contribution is 0.101. The van der Waals surface area contributed by atoms with E-state index in [1.54, 1.807) is 12.3 Å². The smallest absolute Gasteiger partial charge is 0.322 e. The number of carbonyl (C=O) groups excluding carboxylic acids is 2. The Morgan fingerprint density at radius 2 is 1.85 bits per heavy atom. The SMILES string of the molecule is CC(=O)c1ccn(C(=O)N2CC3CN(Cc4cc(C)cc(Cl)c4)CC3C2)n1. The summed E-state index contributed by atoms with van der Waals surface area (Å²) in [6.45, 7) is 7.85. The molecule has 0 bridgehead atoms. The lowest BCUT2D eigenvalue weighted by Crippen LogP contribution is -2.36. The van der Waals surface area contributed by atoms with Crippen LogP contribution in [0.2, 0.25) is 5.02 Å². The molecule has 0 saturated carbocycles. The number of halogens is 1. The summed E-state index contributed by atoms with van der Waals surface area (Å²) in [7, 11) is 0. The summed E-state index contributed by atoms with van der Waals surface area (Å²) in [6.07, 6.45) is 1.57. The van der Waals surface area contributed by atoms with E-state index in [2.05, 4.69) is 23.0 Å². The zero-order valence-electron chi connectivity index (χ0n) is 15.6. The van der Waals surface area contributed by atoms with Gasteiger partial charge in [-0.1, -0.05) is 17.7 Å². The number of carbonyl (C=O) groups is 2. The molecule has 7 heteroatoms. The maximum absolute atomic E-state index is 12.6. The van der Waals surface area contributed by atoms with Crippen molar-refractivity contribution < 1.29 is 9.59 Å². The van der Waals surface area contributed by atoms with Gasteiger partial charge in [-0.05, 0) is 48.1 Å². The van der Waals surface area contributed by atoms with Gasteiger partial charge < -0.3 is 4.90 Å². The third-order valence-corrected chi connectivity index (χ3v) is 5.70. The van der Waals surface area contributed by atoms with Gasteiger partial charge in [0, 0.05) is 50.9 Å². The molecule has 142 valence electrons. The largest absolute Gasteiger partial charge is 0.344 e. The zero-order chi connectivity index (χ0) is 19.1. The summed E-state index contributed by atoms with van der Waals surface area (Å²) >= 11 is 6.17. The van der Waals surface area contributed by atoms with Gasteiger partial charge in [0.2, 0.25) is 0 Å². The number of hydrogen-bond acceptors (Lipinski definition) is 4. The molecule has 2 saturated heterocycles. The van der Waals surface area contributed by atoms with Crippen molar-refractivity contribution in [1.29, 1.82) is 0 Å². The molecule has 2 aliphatic rings. The number of hydrogen-bond donors (Lipinski definition) is 0. The Balaban J connectivity index is 1.36. The molecule has 0 N–H and O–H groups in total. The minimum atomic E-state index is -0.145. The van der Waals surface area contributed by atoms with Gasteiger partial charge in [0.05, 0.1) is 0 Å². The molecule has 2 unspecified atom stereocenters. The average Bonchev–Trinajstić information content (AvgIpc) is 3.27. The fourth-order valence-corrected chi connectivity index (χ4v) is 4.61. The highest BCUT2D eigenvalue weighted by Gasteiger charge is 2.41. The van der Waals surface area contributed by atoms with Crippen LogP contribution in [0.3, 0.4) is 0 Å². The molecule has 0 aliphatic carbocycles. The van der Waals surface area contributed by atoms with Crippen molar-refractivity contribution in [1.82, 2.24) is 19.6 Å². The Morgan fingerprint density at radius 3 is 2.44 bits per heavy atom. The quantitative estimate of drug-likeness (QED) is 0.760. The van der Waals surface area contributed by atoms with E-state index >= 15 is 0 Å². The number of amides is 1. The summed E-state index contributed by atoms with van der Waals surface area (Å²) in [5.74, 6) is 0.834. The molecule has 4 rings (SSSR count). The Morgan fingerprint density at radius 1 is 1.15 bits per heavy atom. The molecule has 1 aromatic heterocycles. The number of fused-ring (bicyclic) bond motifs is 1. The number of rotatable bonds is 3. The van der Waals surface area contributed by atoms with Crippen LogP contribution in [-0.4, -0.2) is 57.6 Å². The van der Waals surface area contributed by atoms with Gasteiger partial charge in [-0.2, -0.15) is 9.78 Å². The Kier molecular flexibility index (Phi) is 4.78. The molecule has 3 heterocycles. The first kappa shape index (κ1) is 18.2. The third-order valence-electron chi connectivity index (χ3n) is 5.49. The van der Waals surface area contributed by atoms with Crippen molar-refractivity contribution in [2.75, 3.05) is 26.2 Å². The van der Waals surface area contributed by atoms with Crippen molar-refractivity contribution >= 4 is 23.4 Å². The van der Waals surface area contributed by atoms with Crippen LogP contribution in [0.4, 0.5) is 4.79 Å². The van der Waals surface area contributed by atoms with Gasteiger partial charge in [-0.25, -0.2) is 4.79 Å². The number of Topliss-reactive ketones (excluding diaryl/α,β-unsaturated/α-hetero) is 1. The van der Waals surface area contributed by atoms with Crippen LogP contribution >= 0.6 is 11.6 Å². The van der Waals surface area contributed by atoms with Crippen LogP contribution < -0.4 is 0 Å². The lowest BCUT2D eigenvalue weighted by atomic mass is 10.0. The fourth-order valence-electron chi connectivity index (χ4n) is 4.30. The van der Waals surface area contributed by atoms with Gasteiger partial charge in [0.25, 0.3) is 0 Å². The van der Waals surface area contributed by atoms with Crippen molar-refractivity contribution in [2.24, 2.45) is 11.8 Å². The van der Waals surface area contributed by atoms with Crippen LogP contribution in [-0.2, 0) is 6.54 Å². The minimum absolute atomic E-state index is 0.133. The first-order valence-corrected chi connectivity index (χ1v) is 9.61.